The fourth-order valence-corrected chi connectivity index (χ4v) is 2.28. The van der Waals surface area contributed by atoms with Crippen LogP contribution in [0.1, 0.15) is 11.1 Å². The molecule has 2 aromatic rings. The molecule has 0 unspecified atom stereocenters. The lowest BCUT2D eigenvalue weighted by atomic mass is 10.1. The fraction of sp³-hybridized carbons (Fsp3) is 0.294. The Labute approximate surface area is 142 Å². The Kier molecular flexibility index (Phi) is 6.62. The highest BCUT2D eigenvalue weighted by Crippen LogP contribution is 2.27. The molecule has 0 aliphatic carbocycles. The van der Waals surface area contributed by atoms with E-state index < -0.39 is 0 Å². The van der Waals surface area contributed by atoms with Gasteiger partial charge in [0, 0.05) is 25.5 Å². The van der Waals surface area contributed by atoms with Crippen LogP contribution < -0.4 is 20.1 Å². The number of nitrogens with one attached hydrogen (secondary N) is 2. The van der Waals surface area contributed by atoms with Gasteiger partial charge in [0.15, 0.2) is 16.6 Å². The van der Waals surface area contributed by atoms with E-state index in [0.29, 0.717) is 11.7 Å². The second kappa shape index (κ2) is 8.95. The molecule has 122 valence electrons. The number of rotatable bonds is 7. The van der Waals surface area contributed by atoms with Crippen molar-refractivity contribution in [3.05, 3.63) is 53.9 Å². The summed E-state index contributed by atoms with van der Waals surface area (Å²) in [4.78, 5) is 3.99. The molecule has 2 rings (SSSR count). The first-order chi connectivity index (χ1) is 11.2. The van der Waals surface area contributed by atoms with E-state index in [1.807, 2.05) is 30.3 Å². The van der Waals surface area contributed by atoms with Crippen molar-refractivity contribution in [1.82, 2.24) is 15.6 Å². The zero-order valence-electron chi connectivity index (χ0n) is 13.3. The molecule has 23 heavy (non-hydrogen) atoms. The zero-order chi connectivity index (χ0) is 16.5. The molecular formula is C17H21N3O2S. The van der Waals surface area contributed by atoms with E-state index in [-0.39, 0.29) is 0 Å². The summed E-state index contributed by atoms with van der Waals surface area (Å²) >= 11 is 5.27. The molecule has 1 aromatic carbocycles. The van der Waals surface area contributed by atoms with Gasteiger partial charge in [-0.25, -0.2) is 0 Å². The fourth-order valence-electron chi connectivity index (χ4n) is 2.10. The molecule has 0 spiro atoms. The summed E-state index contributed by atoms with van der Waals surface area (Å²) in [7, 11) is 3.27. The SMILES string of the molecule is COc1ccc(CCNC(=S)NCc2ccncc2)cc1OC. The molecule has 1 aromatic heterocycles. The molecular weight excluding hydrogens is 310 g/mol. The van der Waals surface area contributed by atoms with Crippen LogP contribution in [0.5, 0.6) is 11.5 Å². The molecule has 0 saturated heterocycles. The standard InChI is InChI=1S/C17H21N3O2S/c1-21-15-4-3-13(11-16(15)22-2)7-10-19-17(23)20-12-14-5-8-18-9-6-14/h3-6,8-9,11H,7,10,12H2,1-2H3,(H2,19,20,23). The van der Waals surface area contributed by atoms with Crippen LogP contribution in [0.3, 0.4) is 0 Å². The minimum Gasteiger partial charge on any atom is -0.493 e. The predicted octanol–water partition coefficient (Wildman–Crippen LogP) is 2.31. The van der Waals surface area contributed by atoms with Crippen LogP contribution in [0.25, 0.3) is 0 Å². The number of methoxy groups -OCH3 is 2. The van der Waals surface area contributed by atoms with Gasteiger partial charge < -0.3 is 20.1 Å². The van der Waals surface area contributed by atoms with Gasteiger partial charge in [-0.05, 0) is 54.0 Å². The number of nitrogens with zero attached hydrogens (tertiary/aromatic N) is 1. The Balaban J connectivity index is 1.75. The quantitative estimate of drug-likeness (QED) is 0.760. The molecule has 0 amide bonds. The third-order valence-electron chi connectivity index (χ3n) is 3.35. The Bertz CT molecular complexity index is 635. The third kappa shape index (κ3) is 5.41. The van der Waals surface area contributed by atoms with Gasteiger partial charge in [-0.15, -0.1) is 0 Å². The number of benzene rings is 1. The van der Waals surface area contributed by atoms with Gasteiger partial charge in [0.25, 0.3) is 0 Å². The van der Waals surface area contributed by atoms with Gasteiger partial charge >= 0.3 is 0 Å². The van der Waals surface area contributed by atoms with Crippen molar-refractivity contribution < 1.29 is 9.47 Å². The van der Waals surface area contributed by atoms with Gasteiger partial charge in [0.2, 0.25) is 0 Å². The minimum atomic E-state index is 0.641. The van der Waals surface area contributed by atoms with Crippen LogP contribution >= 0.6 is 12.2 Å². The monoisotopic (exact) mass is 331 g/mol. The van der Waals surface area contributed by atoms with E-state index in [9.17, 15) is 0 Å². The zero-order valence-corrected chi connectivity index (χ0v) is 14.2. The van der Waals surface area contributed by atoms with E-state index in [1.165, 1.54) is 0 Å². The van der Waals surface area contributed by atoms with E-state index in [0.717, 1.165) is 35.6 Å². The highest BCUT2D eigenvalue weighted by Gasteiger charge is 2.04. The summed E-state index contributed by atoms with van der Waals surface area (Å²) in [6, 6.07) is 9.83. The summed E-state index contributed by atoms with van der Waals surface area (Å²) in [5.74, 6) is 1.47. The smallest absolute Gasteiger partial charge is 0.166 e. The van der Waals surface area contributed by atoms with Crippen LogP contribution in [0.4, 0.5) is 0 Å². The number of aromatic nitrogens is 1. The van der Waals surface area contributed by atoms with Crippen LogP contribution in [0, 0.1) is 0 Å². The lowest BCUT2D eigenvalue weighted by molar-refractivity contribution is 0.354. The molecule has 0 fully saturated rings. The maximum Gasteiger partial charge on any atom is 0.166 e. The van der Waals surface area contributed by atoms with Crippen molar-refractivity contribution in [1.29, 1.82) is 0 Å². The van der Waals surface area contributed by atoms with Crippen molar-refractivity contribution in [3.8, 4) is 11.5 Å². The lowest BCUT2D eigenvalue weighted by Gasteiger charge is -2.12. The Morgan fingerprint density at radius 1 is 1.00 bits per heavy atom. The average molecular weight is 331 g/mol. The van der Waals surface area contributed by atoms with Crippen molar-refractivity contribution in [2.45, 2.75) is 13.0 Å². The average Bonchev–Trinajstić information content (AvgIpc) is 2.60. The number of thiocarbonyl (C=S) groups is 1. The van der Waals surface area contributed by atoms with Gasteiger partial charge in [-0.1, -0.05) is 6.07 Å². The Morgan fingerprint density at radius 3 is 2.43 bits per heavy atom. The van der Waals surface area contributed by atoms with Gasteiger partial charge in [-0.2, -0.15) is 0 Å². The van der Waals surface area contributed by atoms with Crippen molar-refractivity contribution in [2.24, 2.45) is 0 Å². The first-order valence-electron chi connectivity index (χ1n) is 7.34. The largest absolute Gasteiger partial charge is 0.493 e. The van der Waals surface area contributed by atoms with E-state index in [4.69, 9.17) is 21.7 Å². The highest BCUT2D eigenvalue weighted by atomic mass is 32.1. The maximum absolute atomic E-state index is 5.30. The number of ether oxygens (including phenoxy) is 2. The summed E-state index contributed by atoms with van der Waals surface area (Å²) < 4.78 is 10.5. The van der Waals surface area contributed by atoms with E-state index in [1.54, 1.807) is 26.6 Å². The third-order valence-corrected chi connectivity index (χ3v) is 3.64. The van der Waals surface area contributed by atoms with Crippen molar-refractivity contribution in [2.75, 3.05) is 20.8 Å². The number of hydrogen-bond acceptors (Lipinski definition) is 4. The van der Waals surface area contributed by atoms with Gasteiger partial charge in [0.05, 0.1) is 14.2 Å². The van der Waals surface area contributed by atoms with E-state index in [2.05, 4.69) is 15.6 Å². The second-order valence-electron chi connectivity index (χ2n) is 4.90. The summed E-state index contributed by atoms with van der Waals surface area (Å²) in [5.41, 5.74) is 2.30. The molecule has 0 atom stereocenters. The normalized spacial score (nSPS) is 10.0. The molecule has 0 aliphatic rings. The molecule has 5 nitrogen and oxygen atoms in total. The maximum atomic E-state index is 5.30. The molecule has 0 bridgehead atoms. The molecule has 6 heteroatoms. The topological polar surface area (TPSA) is 55.4 Å². The second-order valence-corrected chi connectivity index (χ2v) is 5.31. The van der Waals surface area contributed by atoms with Crippen molar-refractivity contribution >= 4 is 17.3 Å². The Hall–Kier alpha value is -2.34. The molecule has 2 N–H and O–H groups in total. The lowest BCUT2D eigenvalue weighted by Crippen LogP contribution is -2.35. The molecule has 0 radical (unpaired) electrons. The van der Waals surface area contributed by atoms with Crippen LogP contribution in [0.2, 0.25) is 0 Å². The molecule has 0 saturated carbocycles. The van der Waals surface area contributed by atoms with Gasteiger partial charge in [0.1, 0.15) is 0 Å². The summed E-state index contributed by atoms with van der Waals surface area (Å²) in [5, 5.41) is 7.01. The first-order valence-corrected chi connectivity index (χ1v) is 7.75. The van der Waals surface area contributed by atoms with Gasteiger partial charge in [-0.3, -0.25) is 4.98 Å². The number of pyridine rings is 1. The van der Waals surface area contributed by atoms with Crippen molar-refractivity contribution in [3.63, 3.8) is 0 Å². The molecule has 0 aliphatic heterocycles. The van der Waals surface area contributed by atoms with Crippen LogP contribution in [-0.2, 0) is 13.0 Å². The van der Waals surface area contributed by atoms with Crippen LogP contribution in [-0.4, -0.2) is 30.9 Å². The summed E-state index contributed by atoms with van der Waals surface area (Å²) in [6.45, 7) is 1.43. The minimum absolute atomic E-state index is 0.641. The first kappa shape index (κ1) is 17.0. The number of hydrogen-bond donors (Lipinski definition) is 2. The Morgan fingerprint density at radius 2 is 1.74 bits per heavy atom. The highest BCUT2D eigenvalue weighted by molar-refractivity contribution is 7.80. The van der Waals surface area contributed by atoms with E-state index >= 15 is 0 Å². The van der Waals surface area contributed by atoms with Crippen LogP contribution in [0.15, 0.2) is 42.7 Å². The predicted molar refractivity (Wildman–Crippen MR) is 94.9 cm³/mol. The summed E-state index contributed by atoms with van der Waals surface area (Å²) in [6.07, 6.45) is 4.38. The molecule has 1 heterocycles.